The number of fused-ring (bicyclic) bond motifs is 1. The molecule has 0 saturated heterocycles. The maximum atomic E-state index is 13.3. The third kappa shape index (κ3) is 5.47. The summed E-state index contributed by atoms with van der Waals surface area (Å²) in [6, 6.07) is 8.36. The van der Waals surface area contributed by atoms with E-state index < -0.39 is 6.03 Å². The molecule has 1 heterocycles. The van der Waals surface area contributed by atoms with Crippen molar-refractivity contribution >= 4 is 40.8 Å². The van der Waals surface area contributed by atoms with Crippen LogP contribution < -0.4 is 14.8 Å². The van der Waals surface area contributed by atoms with Crippen molar-refractivity contribution in [2.45, 2.75) is 32.7 Å². The molecular weight excluding hydrogens is 465 g/mol. The molecule has 2 aromatic rings. The summed E-state index contributed by atoms with van der Waals surface area (Å²) in [6.07, 6.45) is 1.41. The molecule has 33 heavy (non-hydrogen) atoms. The lowest BCUT2D eigenvalue weighted by Gasteiger charge is -2.37. The van der Waals surface area contributed by atoms with Gasteiger partial charge in [-0.25, -0.2) is 4.79 Å². The normalized spacial score (nSPS) is 15.0. The molecule has 0 spiro atoms. The largest absolute Gasteiger partial charge is 0.493 e. The van der Waals surface area contributed by atoms with Crippen LogP contribution in [0.25, 0.3) is 0 Å². The van der Waals surface area contributed by atoms with Crippen LogP contribution in [0.1, 0.15) is 37.4 Å². The zero-order valence-corrected chi connectivity index (χ0v) is 20.8. The maximum absolute atomic E-state index is 13.3. The Morgan fingerprint density at radius 3 is 2.55 bits per heavy atom. The molecule has 1 N–H and O–H groups in total. The quantitative estimate of drug-likeness (QED) is 0.560. The summed E-state index contributed by atoms with van der Waals surface area (Å²) in [5.41, 5.74) is 2.55. The third-order valence-electron chi connectivity index (χ3n) is 5.81. The number of hydrogen-bond acceptors (Lipinski definition) is 4. The van der Waals surface area contributed by atoms with Crippen molar-refractivity contribution in [3.8, 4) is 11.5 Å². The number of nitrogens with zero attached hydrogens (tertiary/aromatic N) is 2. The molecule has 0 aromatic heterocycles. The van der Waals surface area contributed by atoms with Crippen molar-refractivity contribution < 1.29 is 19.1 Å². The highest BCUT2D eigenvalue weighted by molar-refractivity contribution is 6.43. The highest BCUT2D eigenvalue weighted by Gasteiger charge is 2.30. The van der Waals surface area contributed by atoms with Crippen LogP contribution >= 0.6 is 23.2 Å². The Morgan fingerprint density at radius 2 is 1.88 bits per heavy atom. The second-order valence-electron chi connectivity index (χ2n) is 7.87. The molecule has 1 aliphatic heterocycles. The summed E-state index contributed by atoms with van der Waals surface area (Å²) in [5, 5.41) is 3.38. The number of amides is 3. The number of halogens is 2. The Balaban J connectivity index is 1.75. The number of anilines is 1. The predicted molar refractivity (Wildman–Crippen MR) is 131 cm³/mol. The topological polar surface area (TPSA) is 71.1 Å². The van der Waals surface area contributed by atoms with Gasteiger partial charge in [0, 0.05) is 13.1 Å². The van der Waals surface area contributed by atoms with Crippen molar-refractivity contribution in [3.05, 3.63) is 51.5 Å². The lowest BCUT2D eigenvalue weighted by atomic mass is 9.92. The van der Waals surface area contributed by atoms with Crippen molar-refractivity contribution in [3.63, 3.8) is 0 Å². The number of carbonyl (C=O) groups excluding carboxylic acids is 2. The molecule has 0 fully saturated rings. The van der Waals surface area contributed by atoms with Gasteiger partial charge in [-0.2, -0.15) is 0 Å². The van der Waals surface area contributed by atoms with Gasteiger partial charge in [0.2, 0.25) is 5.91 Å². The average Bonchev–Trinajstić information content (AvgIpc) is 2.81. The first-order valence-electron chi connectivity index (χ1n) is 10.8. The van der Waals surface area contributed by atoms with E-state index in [2.05, 4.69) is 5.32 Å². The average molecular weight is 494 g/mol. The standard InChI is InChI=1S/C24H29Cl2N3O4/c1-5-10-28(24(31)27-19-8-6-7-18(25)23(19)26)14-22(30)29-11-9-16-12-20(32-3)21(33-4)13-17(16)15(29)2/h6-8,12-13,15H,5,9-11,14H2,1-4H3,(H,27,31). The highest BCUT2D eigenvalue weighted by Crippen LogP contribution is 2.38. The Hall–Kier alpha value is -2.64. The number of urea groups is 1. The fraction of sp³-hybridized carbons (Fsp3) is 0.417. The van der Waals surface area contributed by atoms with E-state index in [-0.39, 0.29) is 23.5 Å². The van der Waals surface area contributed by atoms with Crippen molar-refractivity contribution in [1.82, 2.24) is 9.80 Å². The number of hydrogen-bond donors (Lipinski definition) is 1. The Labute approximate surface area is 204 Å². The van der Waals surface area contributed by atoms with Crippen LogP contribution in [0.3, 0.4) is 0 Å². The molecule has 178 valence electrons. The molecule has 0 aliphatic carbocycles. The van der Waals surface area contributed by atoms with Crippen LogP contribution in [0.2, 0.25) is 10.0 Å². The smallest absolute Gasteiger partial charge is 0.322 e. The fourth-order valence-corrected chi connectivity index (χ4v) is 4.40. The highest BCUT2D eigenvalue weighted by atomic mass is 35.5. The molecule has 1 unspecified atom stereocenters. The lowest BCUT2D eigenvalue weighted by molar-refractivity contribution is -0.134. The first kappa shape index (κ1) is 25.0. The van der Waals surface area contributed by atoms with E-state index in [1.54, 1.807) is 37.3 Å². The van der Waals surface area contributed by atoms with Gasteiger partial charge in [0.25, 0.3) is 0 Å². The number of rotatable bonds is 7. The SMILES string of the molecule is CCCN(CC(=O)N1CCc2cc(OC)c(OC)cc2C1C)C(=O)Nc1cccc(Cl)c1Cl. The first-order valence-corrected chi connectivity index (χ1v) is 11.6. The minimum atomic E-state index is -0.397. The van der Waals surface area contributed by atoms with Gasteiger partial charge in [0.05, 0.1) is 36.0 Å². The zero-order chi connectivity index (χ0) is 24.1. The second kappa shape index (κ2) is 11.0. The van der Waals surface area contributed by atoms with E-state index in [9.17, 15) is 9.59 Å². The summed E-state index contributed by atoms with van der Waals surface area (Å²) in [6.45, 7) is 4.89. The second-order valence-corrected chi connectivity index (χ2v) is 8.66. The number of ether oxygens (including phenoxy) is 2. The molecular formula is C24H29Cl2N3O4. The molecule has 9 heteroatoms. The molecule has 1 atom stereocenters. The molecule has 1 aliphatic rings. The molecule has 0 radical (unpaired) electrons. The van der Waals surface area contributed by atoms with Crippen molar-refractivity contribution in [2.75, 3.05) is 39.2 Å². The van der Waals surface area contributed by atoms with Crippen LogP contribution in [0.5, 0.6) is 11.5 Å². The van der Waals surface area contributed by atoms with E-state index >= 15 is 0 Å². The Kier molecular flexibility index (Phi) is 8.32. The van der Waals surface area contributed by atoms with Gasteiger partial charge in [0.1, 0.15) is 6.54 Å². The molecule has 7 nitrogen and oxygen atoms in total. The summed E-state index contributed by atoms with van der Waals surface area (Å²) < 4.78 is 10.8. The van der Waals surface area contributed by atoms with E-state index in [1.165, 1.54) is 4.90 Å². The van der Waals surface area contributed by atoms with Crippen molar-refractivity contribution in [1.29, 1.82) is 0 Å². The Morgan fingerprint density at radius 1 is 1.18 bits per heavy atom. The van der Waals surface area contributed by atoms with Gasteiger partial charge < -0.3 is 24.6 Å². The molecule has 3 rings (SSSR count). The van der Waals surface area contributed by atoms with Gasteiger partial charge in [-0.3, -0.25) is 4.79 Å². The van der Waals surface area contributed by atoms with Crippen LogP contribution in [-0.2, 0) is 11.2 Å². The van der Waals surface area contributed by atoms with Crippen LogP contribution in [0.4, 0.5) is 10.5 Å². The number of carbonyl (C=O) groups is 2. The van der Waals surface area contributed by atoms with Gasteiger partial charge in [0.15, 0.2) is 11.5 Å². The molecule has 3 amide bonds. The first-order chi connectivity index (χ1) is 15.8. The molecule has 0 bridgehead atoms. The van der Waals surface area contributed by atoms with Gasteiger partial charge in [-0.1, -0.05) is 36.2 Å². The summed E-state index contributed by atoms with van der Waals surface area (Å²) in [4.78, 5) is 29.5. The van der Waals surface area contributed by atoms with E-state index in [4.69, 9.17) is 32.7 Å². The minimum Gasteiger partial charge on any atom is -0.493 e. The third-order valence-corrected chi connectivity index (χ3v) is 6.62. The van der Waals surface area contributed by atoms with Crippen LogP contribution in [0, 0.1) is 0 Å². The Bertz CT molecular complexity index is 1030. The van der Waals surface area contributed by atoms with Crippen LogP contribution in [0.15, 0.2) is 30.3 Å². The summed E-state index contributed by atoms with van der Waals surface area (Å²) in [7, 11) is 3.20. The number of methoxy groups -OCH3 is 2. The van der Waals surface area contributed by atoms with Gasteiger partial charge in [-0.05, 0) is 55.2 Å². The molecule has 2 aromatic carbocycles. The number of nitrogens with one attached hydrogen (secondary N) is 1. The van der Waals surface area contributed by atoms with E-state index in [0.29, 0.717) is 48.1 Å². The van der Waals surface area contributed by atoms with Crippen LogP contribution in [-0.4, -0.2) is 55.6 Å². The zero-order valence-electron chi connectivity index (χ0n) is 19.3. The van der Waals surface area contributed by atoms with E-state index in [1.807, 2.05) is 26.0 Å². The predicted octanol–water partition coefficient (Wildman–Crippen LogP) is 5.40. The lowest BCUT2D eigenvalue weighted by Crippen LogP contribution is -2.47. The van der Waals surface area contributed by atoms with Gasteiger partial charge >= 0.3 is 6.03 Å². The van der Waals surface area contributed by atoms with Crippen molar-refractivity contribution in [2.24, 2.45) is 0 Å². The maximum Gasteiger partial charge on any atom is 0.322 e. The fourth-order valence-electron chi connectivity index (χ4n) is 4.06. The monoisotopic (exact) mass is 493 g/mol. The van der Waals surface area contributed by atoms with Gasteiger partial charge in [-0.15, -0.1) is 0 Å². The summed E-state index contributed by atoms with van der Waals surface area (Å²) in [5.74, 6) is 1.18. The minimum absolute atomic E-state index is 0.0369. The van der Waals surface area contributed by atoms with E-state index in [0.717, 1.165) is 11.1 Å². The summed E-state index contributed by atoms with van der Waals surface area (Å²) >= 11 is 12.2. The molecule has 0 saturated carbocycles. The number of benzene rings is 2.